The smallest absolute Gasteiger partial charge is 0.348 e. The molecule has 0 bridgehead atoms. The van der Waals surface area contributed by atoms with Crippen molar-refractivity contribution in [1.29, 1.82) is 0 Å². The van der Waals surface area contributed by atoms with Crippen LogP contribution in [0.1, 0.15) is 5.76 Å². The largest absolute Gasteiger partial charge is 0.456 e. The molecule has 1 saturated heterocycles. The van der Waals surface area contributed by atoms with E-state index in [0.29, 0.717) is 16.3 Å². The summed E-state index contributed by atoms with van der Waals surface area (Å²) in [5.41, 5.74) is 0.662. The number of rotatable bonds is 4. The lowest BCUT2D eigenvalue weighted by Gasteiger charge is -2.11. The Hall–Kier alpha value is -4.15. The highest BCUT2D eigenvalue weighted by atomic mass is 35.5. The number of furan rings is 1. The molecule has 0 saturated carbocycles. The van der Waals surface area contributed by atoms with Crippen LogP contribution in [0.4, 0.5) is 16.2 Å². The van der Waals surface area contributed by atoms with E-state index >= 15 is 0 Å². The molecule has 2 N–H and O–H groups in total. The van der Waals surface area contributed by atoms with Gasteiger partial charge in [-0.2, -0.15) is 4.99 Å². The molecule has 34 heavy (non-hydrogen) atoms. The van der Waals surface area contributed by atoms with E-state index in [1.807, 2.05) is 0 Å². The van der Waals surface area contributed by atoms with Crippen molar-refractivity contribution >= 4 is 58.6 Å². The van der Waals surface area contributed by atoms with E-state index in [-0.39, 0.29) is 33.9 Å². The SMILES string of the molecule is CN1/C(=C\c2ccc(-c3ccccc3[N+](=O)[O-])o2)C(=O)N/C1=N\C(=O)Nc1ccc(Cl)cc1Cl. The molecule has 10 nitrogen and oxygen atoms in total. The van der Waals surface area contributed by atoms with Gasteiger partial charge in [0.2, 0.25) is 5.96 Å². The van der Waals surface area contributed by atoms with Gasteiger partial charge in [0.15, 0.2) is 0 Å². The zero-order chi connectivity index (χ0) is 24.4. The predicted octanol–water partition coefficient (Wildman–Crippen LogP) is 5.15. The lowest BCUT2D eigenvalue weighted by atomic mass is 10.1. The molecule has 0 unspecified atom stereocenters. The maximum Gasteiger partial charge on any atom is 0.348 e. The number of carbonyl (C=O) groups is 2. The summed E-state index contributed by atoms with van der Waals surface area (Å²) in [6.07, 6.45) is 1.43. The second-order valence-electron chi connectivity index (χ2n) is 7.01. The first-order valence-corrected chi connectivity index (χ1v) is 10.4. The number of nitrogens with zero attached hydrogens (tertiary/aromatic N) is 3. The van der Waals surface area contributed by atoms with Gasteiger partial charge < -0.3 is 14.6 Å². The number of halogens is 2. The van der Waals surface area contributed by atoms with Crippen molar-refractivity contribution in [3.05, 3.63) is 86.2 Å². The summed E-state index contributed by atoms with van der Waals surface area (Å²) < 4.78 is 5.71. The number of para-hydroxylation sites is 1. The Morgan fingerprint density at radius 1 is 1.21 bits per heavy atom. The first kappa shape index (κ1) is 23.0. The van der Waals surface area contributed by atoms with Gasteiger partial charge in [0.1, 0.15) is 17.2 Å². The number of benzene rings is 2. The van der Waals surface area contributed by atoms with Gasteiger partial charge in [0, 0.05) is 24.2 Å². The van der Waals surface area contributed by atoms with Crippen molar-refractivity contribution in [3.63, 3.8) is 0 Å². The predicted molar refractivity (Wildman–Crippen MR) is 128 cm³/mol. The van der Waals surface area contributed by atoms with E-state index in [9.17, 15) is 19.7 Å². The van der Waals surface area contributed by atoms with Gasteiger partial charge in [-0.05, 0) is 36.4 Å². The molecule has 1 fully saturated rings. The number of carbonyl (C=O) groups excluding carboxylic acids is 2. The summed E-state index contributed by atoms with van der Waals surface area (Å²) in [6, 6.07) is 13.1. The molecule has 0 atom stereocenters. The van der Waals surface area contributed by atoms with E-state index in [4.69, 9.17) is 27.6 Å². The number of anilines is 1. The van der Waals surface area contributed by atoms with Crippen LogP contribution in [0.25, 0.3) is 17.4 Å². The molecule has 1 aliphatic heterocycles. The minimum atomic E-state index is -0.760. The quantitative estimate of drug-likeness (QED) is 0.290. The third kappa shape index (κ3) is 4.77. The molecule has 172 valence electrons. The highest BCUT2D eigenvalue weighted by Gasteiger charge is 2.29. The van der Waals surface area contributed by atoms with Crippen LogP contribution in [0, 0.1) is 10.1 Å². The molecule has 12 heteroatoms. The Labute approximate surface area is 202 Å². The van der Waals surface area contributed by atoms with Crippen molar-refractivity contribution in [2.75, 3.05) is 12.4 Å². The molecular formula is C22H15Cl2N5O5. The normalized spacial score (nSPS) is 15.6. The Kier molecular flexibility index (Phi) is 6.35. The van der Waals surface area contributed by atoms with Gasteiger partial charge in [0.25, 0.3) is 11.6 Å². The number of nitrogens with one attached hydrogen (secondary N) is 2. The fourth-order valence-corrected chi connectivity index (χ4v) is 3.62. The van der Waals surface area contributed by atoms with E-state index in [0.717, 1.165) is 0 Å². The van der Waals surface area contributed by atoms with Crippen molar-refractivity contribution in [2.45, 2.75) is 0 Å². The van der Waals surface area contributed by atoms with Crippen LogP contribution < -0.4 is 10.6 Å². The first-order chi connectivity index (χ1) is 16.2. The zero-order valence-electron chi connectivity index (χ0n) is 17.4. The summed E-state index contributed by atoms with van der Waals surface area (Å²) >= 11 is 11.9. The minimum Gasteiger partial charge on any atom is -0.456 e. The van der Waals surface area contributed by atoms with Crippen LogP contribution in [0.2, 0.25) is 10.0 Å². The monoisotopic (exact) mass is 499 g/mol. The van der Waals surface area contributed by atoms with Gasteiger partial charge in [0.05, 0.1) is 21.2 Å². The summed E-state index contributed by atoms with van der Waals surface area (Å²) in [7, 11) is 1.54. The maximum atomic E-state index is 12.5. The van der Waals surface area contributed by atoms with E-state index in [1.165, 1.54) is 36.2 Å². The van der Waals surface area contributed by atoms with Crippen molar-refractivity contribution in [2.24, 2.45) is 4.99 Å². The Morgan fingerprint density at radius 3 is 2.71 bits per heavy atom. The zero-order valence-corrected chi connectivity index (χ0v) is 18.9. The van der Waals surface area contributed by atoms with Crippen LogP contribution in [0.3, 0.4) is 0 Å². The fourth-order valence-electron chi connectivity index (χ4n) is 3.16. The molecule has 1 aromatic heterocycles. The van der Waals surface area contributed by atoms with Gasteiger partial charge in [-0.15, -0.1) is 0 Å². The average Bonchev–Trinajstić information content (AvgIpc) is 3.36. The van der Waals surface area contributed by atoms with E-state index < -0.39 is 16.9 Å². The number of hydrogen-bond acceptors (Lipinski definition) is 5. The van der Waals surface area contributed by atoms with Gasteiger partial charge in [-0.3, -0.25) is 20.2 Å². The molecular weight excluding hydrogens is 485 g/mol. The summed E-state index contributed by atoms with van der Waals surface area (Å²) in [5.74, 6) is 0.0312. The van der Waals surface area contributed by atoms with Crippen LogP contribution in [0.5, 0.6) is 0 Å². The van der Waals surface area contributed by atoms with Crippen molar-refractivity contribution < 1.29 is 18.9 Å². The second-order valence-corrected chi connectivity index (χ2v) is 7.85. The lowest BCUT2D eigenvalue weighted by Crippen LogP contribution is -2.29. The molecule has 2 heterocycles. The van der Waals surface area contributed by atoms with Gasteiger partial charge in [-0.25, -0.2) is 4.79 Å². The number of aliphatic imine (C=N–C) groups is 1. The number of amides is 3. The van der Waals surface area contributed by atoms with Crippen molar-refractivity contribution in [1.82, 2.24) is 10.2 Å². The average molecular weight is 500 g/mol. The fraction of sp³-hybridized carbons (Fsp3) is 0.0455. The highest BCUT2D eigenvalue weighted by Crippen LogP contribution is 2.31. The van der Waals surface area contributed by atoms with Gasteiger partial charge in [-0.1, -0.05) is 35.3 Å². The van der Waals surface area contributed by atoms with Crippen molar-refractivity contribution in [3.8, 4) is 11.3 Å². The van der Waals surface area contributed by atoms with Crippen LogP contribution in [0.15, 0.2) is 69.7 Å². The Balaban J connectivity index is 1.54. The Morgan fingerprint density at radius 2 is 1.97 bits per heavy atom. The molecule has 2 aromatic carbocycles. The van der Waals surface area contributed by atoms with Gasteiger partial charge >= 0.3 is 6.03 Å². The first-order valence-electron chi connectivity index (χ1n) is 9.68. The summed E-state index contributed by atoms with van der Waals surface area (Å²) in [6.45, 7) is 0. The molecule has 0 radical (unpaired) electrons. The number of hydrogen-bond donors (Lipinski definition) is 2. The van der Waals surface area contributed by atoms with Crippen LogP contribution in [-0.4, -0.2) is 34.8 Å². The molecule has 0 aliphatic carbocycles. The van der Waals surface area contributed by atoms with E-state index in [1.54, 1.807) is 36.4 Å². The highest BCUT2D eigenvalue weighted by molar-refractivity contribution is 6.36. The second kappa shape index (κ2) is 9.38. The third-order valence-corrected chi connectivity index (χ3v) is 5.34. The Bertz CT molecular complexity index is 1380. The molecule has 4 rings (SSSR count). The van der Waals surface area contributed by atoms with E-state index in [2.05, 4.69) is 15.6 Å². The van der Waals surface area contributed by atoms with Crippen LogP contribution in [-0.2, 0) is 4.79 Å². The minimum absolute atomic E-state index is 0.00990. The standard InChI is InChI=1S/C22H15Cl2N5O5/c1-28-18(11-13-7-9-19(34-13)14-4-2-3-5-17(14)29(32)33)20(30)26-21(28)27-22(31)25-16-8-6-12(23)10-15(16)24/h2-11H,1H3,(H2,25,26,27,30,31)/b18-11-. The maximum absolute atomic E-state index is 12.5. The summed E-state index contributed by atoms with van der Waals surface area (Å²) in [4.78, 5) is 40.8. The third-order valence-electron chi connectivity index (χ3n) is 4.79. The molecule has 3 aromatic rings. The molecule has 3 amide bonds. The summed E-state index contributed by atoms with van der Waals surface area (Å²) in [5, 5.41) is 16.9. The topological polar surface area (TPSA) is 130 Å². The lowest BCUT2D eigenvalue weighted by molar-refractivity contribution is -0.384. The number of guanidine groups is 1. The van der Waals surface area contributed by atoms with Crippen LogP contribution >= 0.6 is 23.2 Å². The number of nitro benzene ring substituents is 1. The molecule has 0 spiro atoms. The molecule has 1 aliphatic rings. The number of urea groups is 1. The number of likely N-dealkylation sites (N-methyl/N-ethyl adjacent to an activating group) is 1. The number of nitro groups is 1.